The molecule has 0 radical (unpaired) electrons. The summed E-state index contributed by atoms with van der Waals surface area (Å²) >= 11 is 0. The number of hydrogen-bond acceptors (Lipinski definition) is 3. The second-order valence-corrected chi connectivity index (χ2v) is 3.78. The first-order chi connectivity index (χ1) is 8.63. The maximum absolute atomic E-state index is 11.5. The second kappa shape index (κ2) is 7.17. The van der Waals surface area contributed by atoms with Gasteiger partial charge in [-0.25, -0.2) is 0 Å². The number of aldehydes is 1. The molecule has 0 heterocycles. The SMILES string of the molecule is O=C/C(=C/Cc1ccccc1)C(=O)CCC(=O)O. The van der Waals surface area contributed by atoms with Crippen LogP contribution in [0.5, 0.6) is 0 Å². The van der Waals surface area contributed by atoms with Crippen LogP contribution in [-0.4, -0.2) is 23.1 Å². The minimum Gasteiger partial charge on any atom is -0.481 e. The molecule has 0 atom stereocenters. The Morgan fingerprint density at radius 2 is 1.78 bits per heavy atom. The molecule has 0 amide bonds. The van der Waals surface area contributed by atoms with Gasteiger partial charge in [0.1, 0.15) is 0 Å². The quantitative estimate of drug-likeness (QED) is 0.344. The van der Waals surface area contributed by atoms with Gasteiger partial charge in [-0.1, -0.05) is 36.4 Å². The third-order valence-electron chi connectivity index (χ3n) is 2.42. The fraction of sp³-hybridized carbons (Fsp3) is 0.214. The van der Waals surface area contributed by atoms with Crippen LogP contribution in [0.25, 0.3) is 0 Å². The molecule has 0 saturated heterocycles. The van der Waals surface area contributed by atoms with E-state index in [1.165, 1.54) is 6.08 Å². The number of carbonyl (C=O) groups excluding carboxylic acids is 2. The molecule has 0 aliphatic carbocycles. The van der Waals surface area contributed by atoms with Crippen molar-refractivity contribution in [1.29, 1.82) is 0 Å². The molecule has 4 nitrogen and oxygen atoms in total. The number of aliphatic carboxylic acids is 1. The first-order valence-corrected chi connectivity index (χ1v) is 5.57. The number of benzene rings is 1. The van der Waals surface area contributed by atoms with Crippen LogP contribution in [0.1, 0.15) is 18.4 Å². The zero-order chi connectivity index (χ0) is 13.4. The van der Waals surface area contributed by atoms with Crippen LogP contribution in [0.4, 0.5) is 0 Å². The molecule has 18 heavy (non-hydrogen) atoms. The molecule has 0 bridgehead atoms. The highest BCUT2D eigenvalue weighted by atomic mass is 16.4. The summed E-state index contributed by atoms with van der Waals surface area (Å²) in [5, 5.41) is 8.46. The maximum atomic E-state index is 11.5. The molecule has 0 aliphatic rings. The Morgan fingerprint density at radius 1 is 1.11 bits per heavy atom. The van der Waals surface area contributed by atoms with Crippen LogP contribution in [0.3, 0.4) is 0 Å². The van der Waals surface area contributed by atoms with Crippen LogP contribution in [0, 0.1) is 0 Å². The van der Waals surface area contributed by atoms with Gasteiger partial charge in [-0.05, 0) is 12.0 Å². The van der Waals surface area contributed by atoms with Crippen LogP contribution < -0.4 is 0 Å². The monoisotopic (exact) mass is 246 g/mol. The van der Waals surface area contributed by atoms with E-state index in [1.807, 2.05) is 30.3 Å². The number of allylic oxidation sites excluding steroid dienone is 2. The Morgan fingerprint density at radius 3 is 2.33 bits per heavy atom. The number of rotatable bonds is 7. The summed E-state index contributed by atoms with van der Waals surface area (Å²) in [5.41, 5.74) is 1.03. The molecule has 1 N–H and O–H groups in total. The van der Waals surface area contributed by atoms with Gasteiger partial charge in [-0.15, -0.1) is 0 Å². The Bertz CT molecular complexity index is 460. The van der Waals surface area contributed by atoms with Gasteiger partial charge in [-0.3, -0.25) is 14.4 Å². The number of carboxylic acids is 1. The molecule has 94 valence electrons. The van der Waals surface area contributed by atoms with Gasteiger partial charge in [0.05, 0.1) is 12.0 Å². The largest absolute Gasteiger partial charge is 0.481 e. The Labute approximate surface area is 105 Å². The van der Waals surface area contributed by atoms with E-state index in [1.54, 1.807) is 0 Å². The van der Waals surface area contributed by atoms with Gasteiger partial charge < -0.3 is 5.11 Å². The van der Waals surface area contributed by atoms with Crippen LogP contribution in [0.2, 0.25) is 0 Å². The van der Waals surface area contributed by atoms with Gasteiger partial charge in [0.15, 0.2) is 12.1 Å². The first-order valence-electron chi connectivity index (χ1n) is 5.57. The third kappa shape index (κ3) is 4.74. The summed E-state index contributed by atoms with van der Waals surface area (Å²) < 4.78 is 0. The molecule has 1 aromatic carbocycles. The lowest BCUT2D eigenvalue weighted by Crippen LogP contribution is -2.07. The fourth-order valence-corrected chi connectivity index (χ4v) is 1.43. The van der Waals surface area contributed by atoms with E-state index in [0.717, 1.165) is 5.56 Å². The average Bonchev–Trinajstić information content (AvgIpc) is 2.38. The molecule has 0 aromatic heterocycles. The van der Waals surface area contributed by atoms with E-state index in [0.29, 0.717) is 12.7 Å². The predicted molar refractivity (Wildman–Crippen MR) is 66.2 cm³/mol. The molecule has 0 aliphatic heterocycles. The van der Waals surface area contributed by atoms with Gasteiger partial charge in [-0.2, -0.15) is 0 Å². The fourth-order valence-electron chi connectivity index (χ4n) is 1.43. The highest BCUT2D eigenvalue weighted by Gasteiger charge is 2.10. The standard InChI is InChI=1S/C14H14O4/c15-10-12(13(16)8-9-14(17)18)7-6-11-4-2-1-3-5-11/h1-5,7,10H,6,8-9H2,(H,17,18)/b12-7-. The lowest BCUT2D eigenvalue weighted by molar-refractivity contribution is -0.138. The second-order valence-electron chi connectivity index (χ2n) is 3.78. The maximum Gasteiger partial charge on any atom is 0.303 e. The molecule has 0 saturated carbocycles. The summed E-state index contributed by atoms with van der Waals surface area (Å²) in [6, 6.07) is 9.40. The van der Waals surface area contributed by atoms with Crippen molar-refractivity contribution in [3.05, 3.63) is 47.5 Å². The van der Waals surface area contributed by atoms with E-state index in [4.69, 9.17) is 5.11 Å². The van der Waals surface area contributed by atoms with E-state index in [-0.39, 0.29) is 18.4 Å². The molecule has 0 fully saturated rings. The lowest BCUT2D eigenvalue weighted by atomic mass is 10.0. The average molecular weight is 246 g/mol. The number of ketones is 1. The van der Waals surface area contributed by atoms with E-state index >= 15 is 0 Å². The molecule has 1 rings (SSSR count). The zero-order valence-electron chi connectivity index (χ0n) is 9.83. The van der Waals surface area contributed by atoms with Crippen LogP contribution in [0.15, 0.2) is 42.0 Å². The van der Waals surface area contributed by atoms with Crippen molar-refractivity contribution >= 4 is 18.0 Å². The van der Waals surface area contributed by atoms with Crippen LogP contribution >= 0.6 is 0 Å². The van der Waals surface area contributed by atoms with Crippen molar-refractivity contribution in [3.63, 3.8) is 0 Å². The number of carbonyl (C=O) groups is 3. The molecule has 0 unspecified atom stereocenters. The minimum absolute atomic E-state index is 0.0418. The van der Waals surface area contributed by atoms with Crippen molar-refractivity contribution in [3.8, 4) is 0 Å². The van der Waals surface area contributed by atoms with Gasteiger partial charge >= 0.3 is 5.97 Å². The molecule has 1 aromatic rings. The summed E-state index contributed by atoms with van der Waals surface area (Å²) in [5.74, 6) is -1.47. The molecule has 0 spiro atoms. The van der Waals surface area contributed by atoms with Gasteiger partial charge in [0, 0.05) is 6.42 Å². The Hall–Kier alpha value is -2.23. The normalized spacial score (nSPS) is 11.0. The summed E-state index contributed by atoms with van der Waals surface area (Å²) in [4.78, 5) is 32.6. The number of hydrogen-bond donors (Lipinski definition) is 1. The van der Waals surface area contributed by atoms with E-state index in [2.05, 4.69) is 0 Å². The highest BCUT2D eigenvalue weighted by Crippen LogP contribution is 2.05. The summed E-state index contributed by atoms with van der Waals surface area (Å²) in [6.07, 6.45) is 2.09. The van der Waals surface area contributed by atoms with Crippen LogP contribution in [-0.2, 0) is 20.8 Å². The van der Waals surface area contributed by atoms with Crippen molar-refractivity contribution in [2.75, 3.05) is 0 Å². The van der Waals surface area contributed by atoms with Crippen molar-refractivity contribution in [2.45, 2.75) is 19.3 Å². The smallest absolute Gasteiger partial charge is 0.303 e. The van der Waals surface area contributed by atoms with Crippen molar-refractivity contribution < 1.29 is 19.5 Å². The van der Waals surface area contributed by atoms with E-state index < -0.39 is 11.8 Å². The minimum atomic E-state index is -1.04. The lowest BCUT2D eigenvalue weighted by Gasteiger charge is -1.99. The highest BCUT2D eigenvalue weighted by molar-refractivity contribution is 6.12. The first kappa shape index (κ1) is 13.8. The predicted octanol–water partition coefficient (Wildman–Crippen LogP) is 1.79. The van der Waals surface area contributed by atoms with Crippen molar-refractivity contribution in [1.82, 2.24) is 0 Å². The number of Topliss-reactive ketones (excluding diaryl/α,β-unsaturated/α-hetero) is 1. The third-order valence-corrected chi connectivity index (χ3v) is 2.42. The van der Waals surface area contributed by atoms with Gasteiger partial charge in [0.25, 0.3) is 0 Å². The summed E-state index contributed by atoms with van der Waals surface area (Å²) in [6.45, 7) is 0. The number of carboxylic acid groups (broad SMARTS) is 1. The van der Waals surface area contributed by atoms with Crippen molar-refractivity contribution in [2.24, 2.45) is 0 Å². The topological polar surface area (TPSA) is 71.4 Å². The summed E-state index contributed by atoms with van der Waals surface area (Å²) in [7, 11) is 0. The Kier molecular flexibility index (Phi) is 5.51. The molecule has 4 heteroatoms. The zero-order valence-corrected chi connectivity index (χ0v) is 9.83. The molecular formula is C14H14O4. The van der Waals surface area contributed by atoms with E-state index in [9.17, 15) is 14.4 Å². The Balaban J connectivity index is 2.62. The van der Waals surface area contributed by atoms with Gasteiger partial charge in [0.2, 0.25) is 0 Å². The molecular weight excluding hydrogens is 232 g/mol.